The molecule has 2 N–H and O–H groups in total. The molecule has 0 fully saturated rings. The van der Waals surface area contributed by atoms with Crippen LogP contribution in [0, 0.1) is 0 Å². The Hall–Kier alpha value is -2.01. The highest BCUT2D eigenvalue weighted by Gasteiger charge is 2.02. The van der Waals surface area contributed by atoms with E-state index in [1.54, 1.807) is 17.9 Å². The van der Waals surface area contributed by atoms with Gasteiger partial charge in [0.05, 0.1) is 12.8 Å². The minimum Gasteiger partial charge on any atom is -0.504 e. The Morgan fingerprint density at radius 2 is 2.17 bits per heavy atom. The fourth-order valence-electron chi connectivity index (χ4n) is 1.72. The SMILES string of the molecule is COc1cc(CNCc2ccn(C)n2)ccc1O. The van der Waals surface area contributed by atoms with E-state index in [4.69, 9.17) is 4.74 Å². The minimum absolute atomic E-state index is 0.158. The highest BCUT2D eigenvalue weighted by molar-refractivity contribution is 5.41. The van der Waals surface area contributed by atoms with Gasteiger partial charge in [0.2, 0.25) is 0 Å². The van der Waals surface area contributed by atoms with Crippen LogP contribution in [0.25, 0.3) is 0 Å². The van der Waals surface area contributed by atoms with E-state index in [1.807, 2.05) is 31.4 Å². The Morgan fingerprint density at radius 1 is 1.33 bits per heavy atom. The molecule has 2 aromatic rings. The number of phenols is 1. The number of aromatic nitrogens is 2. The Morgan fingerprint density at radius 3 is 2.83 bits per heavy atom. The third kappa shape index (κ3) is 3.01. The number of rotatable bonds is 5. The van der Waals surface area contributed by atoms with Gasteiger partial charge >= 0.3 is 0 Å². The van der Waals surface area contributed by atoms with Crippen LogP contribution in [0.15, 0.2) is 30.5 Å². The quantitative estimate of drug-likeness (QED) is 0.839. The predicted molar refractivity (Wildman–Crippen MR) is 68.4 cm³/mol. The molecular formula is C13H17N3O2. The smallest absolute Gasteiger partial charge is 0.160 e. The molecule has 0 aliphatic rings. The fraction of sp³-hybridized carbons (Fsp3) is 0.308. The maximum atomic E-state index is 9.48. The van der Waals surface area contributed by atoms with E-state index in [9.17, 15) is 5.11 Å². The minimum atomic E-state index is 0.158. The number of aryl methyl sites for hydroxylation is 1. The first-order valence-electron chi connectivity index (χ1n) is 5.74. The lowest BCUT2D eigenvalue weighted by molar-refractivity contribution is 0.372. The Kier molecular flexibility index (Phi) is 3.84. The highest BCUT2D eigenvalue weighted by atomic mass is 16.5. The van der Waals surface area contributed by atoms with Gasteiger partial charge in [0.1, 0.15) is 0 Å². The third-order valence-corrected chi connectivity index (χ3v) is 2.65. The van der Waals surface area contributed by atoms with Crippen molar-refractivity contribution in [3.05, 3.63) is 41.7 Å². The van der Waals surface area contributed by atoms with Gasteiger partial charge in [-0.2, -0.15) is 5.10 Å². The van der Waals surface area contributed by atoms with Crippen LogP contribution in [0.3, 0.4) is 0 Å². The molecule has 0 saturated carbocycles. The summed E-state index contributed by atoms with van der Waals surface area (Å²) in [5.41, 5.74) is 2.06. The van der Waals surface area contributed by atoms with Crippen molar-refractivity contribution in [2.45, 2.75) is 13.1 Å². The highest BCUT2D eigenvalue weighted by Crippen LogP contribution is 2.26. The van der Waals surface area contributed by atoms with E-state index in [0.717, 1.165) is 11.3 Å². The largest absolute Gasteiger partial charge is 0.504 e. The molecule has 1 heterocycles. The van der Waals surface area contributed by atoms with Crippen molar-refractivity contribution in [1.82, 2.24) is 15.1 Å². The molecule has 0 aliphatic carbocycles. The summed E-state index contributed by atoms with van der Waals surface area (Å²) in [4.78, 5) is 0. The Balaban J connectivity index is 1.90. The van der Waals surface area contributed by atoms with Gasteiger partial charge in [-0.05, 0) is 23.8 Å². The van der Waals surface area contributed by atoms with Crippen LogP contribution in [0.1, 0.15) is 11.3 Å². The van der Waals surface area contributed by atoms with Crippen LogP contribution in [0.2, 0.25) is 0 Å². The molecule has 5 nitrogen and oxygen atoms in total. The van der Waals surface area contributed by atoms with E-state index in [1.165, 1.54) is 0 Å². The van der Waals surface area contributed by atoms with Crippen LogP contribution in [-0.4, -0.2) is 22.0 Å². The van der Waals surface area contributed by atoms with E-state index in [0.29, 0.717) is 18.8 Å². The summed E-state index contributed by atoms with van der Waals surface area (Å²) in [7, 11) is 3.44. The Bertz CT molecular complexity index is 523. The summed E-state index contributed by atoms with van der Waals surface area (Å²) >= 11 is 0. The summed E-state index contributed by atoms with van der Waals surface area (Å²) < 4.78 is 6.84. The molecule has 1 aromatic heterocycles. The second-order valence-electron chi connectivity index (χ2n) is 4.09. The average molecular weight is 247 g/mol. The lowest BCUT2D eigenvalue weighted by Crippen LogP contribution is -2.13. The first-order valence-corrected chi connectivity index (χ1v) is 5.74. The molecule has 0 amide bonds. The third-order valence-electron chi connectivity index (χ3n) is 2.65. The summed E-state index contributed by atoms with van der Waals surface area (Å²) in [5, 5.41) is 17.1. The molecule has 5 heteroatoms. The normalized spacial score (nSPS) is 10.6. The summed E-state index contributed by atoms with van der Waals surface area (Å²) in [5.74, 6) is 0.651. The van der Waals surface area contributed by atoms with E-state index in [-0.39, 0.29) is 5.75 Å². The number of hydrogen-bond donors (Lipinski definition) is 2. The zero-order valence-corrected chi connectivity index (χ0v) is 10.6. The van der Waals surface area contributed by atoms with Crippen LogP contribution in [-0.2, 0) is 20.1 Å². The van der Waals surface area contributed by atoms with Crippen LogP contribution < -0.4 is 10.1 Å². The molecule has 0 saturated heterocycles. The van der Waals surface area contributed by atoms with E-state index < -0.39 is 0 Å². The van der Waals surface area contributed by atoms with Gasteiger partial charge in [-0.25, -0.2) is 0 Å². The maximum absolute atomic E-state index is 9.48. The van der Waals surface area contributed by atoms with Crippen molar-refractivity contribution in [3.8, 4) is 11.5 Å². The zero-order valence-electron chi connectivity index (χ0n) is 10.6. The molecule has 0 unspecified atom stereocenters. The van der Waals surface area contributed by atoms with Crippen LogP contribution in [0.5, 0.6) is 11.5 Å². The number of hydrogen-bond acceptors (Lipinski definition) is 4. The first kappa shape index (κ1) is 12.4. The van der Waals surface area contributed by atoms with Gasteiger partial charge in [-0.3, -0.25) is 4.68 Å². The van der Waals surface area contributed by atoms with Gasteiger partial charge < -0.3 is 15.2 Å². The molecule has 1 aromatic carbocycles. The van der Waals surface area contributed by atoms with Crippen molar-refractivity contribution in [2.24, 2.45) is 7.05 Å². The number of nitrogens with zero attached hydrogens (tertiary/aromatic N) is 2. The van der Waals surface area contributed by atoms with Crippen molar-refractivity contribution < 1.29 is 9.84 Å². The Labute approximate surface area is 106 Å². The average Bonchev–Trinajstić information content (AvgIpc) is 2.77. The summed E-state index contributed by atoms with van der Waals surface area (Å²) in [6.07, 6.45) is 1.92. The number of ether oxygens (including phenoxy) is 1. The van der Waals surface area contributed by atoms with Crippen molar-refractivity contribution in [2.75, 3.05) is 7.11 Å². The van der Waals surface area contributed by atoms with Crippen molar-refractivity contribution in [3.63, 3.8) is 0 Å². The zero-order chi connectivity index (χ0) is 13.0. The fourth-order valence-corrected chi connectivity index (χ4v) is 1.72. The first-order chi connectivity index (χ1) is 8.69. The number of methoxy groups -OCH3 is 1. The number of nitrogens with one attached hydrogen (secondary N) is 1. The molecule has 96 valence electrons. The number of aromatic hydroxyl groups is 1. The van der Waals surface area contributed by atoms with Crippen molar-refractivity contribution in [1.29, 1.82) is 0 Å². The lowest BCUT2D eigenvalue weighted by atomic mass is 10.2. The van der Waals surface area contributed by atoms with E-state index in [2.05, 4.69) is 10.4 Å². The predicted octanol–water partition coefficient (Wildman–Crippen LogP) is 1.42. The van der Waals surface area contributed by atoms with Gasteiger partial charge in [-0.15, -0.1) is 0 Å². The standard InChI is InChI=1S/C13H17N3O2/c1-16-6-5-11(15-16)9-14-8-10-3-4-12(17)13(7-10)18-2/h3-7,14,17H,8-9H2,1-2H3. The molecule has 18 heavy (non-hydrogen) atoms. The molecule has 0 atom stereocenters. The maximum Gasteiger partial charge on any atom is 0.160 e. The van der Waals surface area contributed by atoms with Gasteiger partial charge in [0.25, 0.3) is 0 Å². The monoisotopic (exact) mass is 247 g/mol. The van der Waals surface area contributed by atoms with Crippen LogP contribution in [0.4, 0.5) is 0 Å². The molecular weight excluding hydrogens is 230 g/mol. The molecule has 2 rings (SSSR count). The van der Waals surface area contributed by atoms with E-state index >= 15 is 0 Å². The molecule has 0 radical (unpaired) electrons. The second kappa shape index (κ2) is 5.55. The van der Waals surface area contributed by atoms with Gasteiger partial charge in [0.15, 0.2) is 11.5 Å². The van der Waals surface area contributed by atoms with Gasteiger partial charge in [0, 0.05) is 26.3 Å². The summed E-state index contributed by atoms with van der Waals surface area (Å²) in [6.45, 7) is 1.41. The second-order valence-corrected chi connectivity index (χ2v) is 4.09. The number of phenolic OH excluding ortho intramolecular Hbond substituents is 1. The van der Waals surface area contributed by atoms with Crippen LogP contribution >= 0.6 is 0 Å². The van der Waals surface area contributed by atoms with Gasteiger partial charge in [-0.1, -0.05) is 6.07 Å². The topological polar surface area (TPSA) is 59.3 Å². The molecule has 0 aliphatic heterocycles. The number of benzene rings is 1. The summed E-state index contributed by atoms with van der Waals surface area (Å²) in [6, 6.07) is 7.30. The lowest BCUT2D eigenvalue weighted by Gasteiger charge is -2.07. The molecule has 0 bridgehead atoms. The molecule has 0 spiro atoms. The van der Waals surface area contributed by atoms with Crippen molar-refractivity contribution >= 4 is 0 Å².